The molecule has 0 bridgehead atoms. The zero-order valence-corrected chi connectivity index (χ0v) is 28.6. The average molecular weight is 661 g/mol. The summed E-state index contributed by atoms with van der Waals surface area (Å²) < 4.78 is 1.96. The molecule has 0 atom stereocenters. The van der Waals surface area contributed by atoms with E-state index >= 15 is 0 Å². The molecule has 0 spiro atoms. The van der Waals surface area contributed by atoms with Crippen molar-refractivity contribution in [2.24, 2.45) is 0 Å². The molecule has 8 nitrogen and oxygen atoms in total. The molecule has 0 aliphatic carbocycles. The highest BCUT2D eigenvalue weighted by atomic mass is 16.1. The van der Waals surface area contributed by atoms with Crippen LogP contribution in [0.1, 0.15) is 65.2 Å². The van der Waals surface area contributed by atoms with Gasteiger partial charge in [-0.3, -0.25) is 29.1 Å². The highest BCUT2D eigenvalue weighted by molar-refractivity contribution is 6.11. The first kappa shape index (κ1) is 33.6. The van der Waals surface area contributed by atoms with Gasteiger partial charge in [0.2, 0.25) is 10.9 Å². The van der Waals surface area contributed by atoms with Crippen LogP contribution in [0.15, 0.2) is 120 Å². The second-order valence-corrected chi connectivity index (χ2v) is 12.6. The van der Waals surface area contributed by atoms with E-state index in [1.165, 1.54) is 18.0 Å². The molecule has 7 rings (SSSR count). The number of aryl methyl sites for hydroxylation is 5. The number of hydrogen-bond donors (Lipinski definition) is 1. The Labute approximate surface area is 289 Å². The van der Waals surface area contributed by atoms with Crippen LogP contribution in [0.2, 0.25) is 0 Å². The van der Waals surface area contributed by atoms with Gasteiger partial charge in [0.25, 0.3) is 0 Å². The lowest BCUT2D eigenvalue weighted by molar-refractivity contribution is 0.102. The third-order valence-electron chi connectivity index (χ3n) is 9.03. The number of nitrogens with one attached hydrogen (secondary N) is 1. The van der Waals surface area contributed by atoms with Gasteiger partial charge in [0.15, 0.2) is 11.6 Å². The van der Waals surface area contributed by atoms with Gasteiger partial charge in [-0.05, 0) is 86.7 Å². The zero-order valence-electron chi connectivity index (χ0n) is 28.6. The zero-order chi connectivity index (χ0) is 35.5. The van der Waals surface area contributed by atoms with E-state index in [0.29, 0.717) is 34.0 Å². The molecule has 0 fully saturated rings. The van der Waals surface area contributed by atoms with Crippen LogP contribution in [0.25, 0.3) is 21.8 Å². The first-order chi connectivity index (χ1) is 24.0. The lowest BCUT2D eigenvalue weighted by atomic mass is 9.99. The number of aromatic amines is 1. The lowest BCUT2D eigenvalue weighted by Crippen LogP contribution is -2.20. The molecule has 8 heteroatoms. The van der Waals surface area contributed by atoms with E-state index in [4.69, 9.17) is 0 Å². The molecular weight excluding hydrogens is 624 g/mol. The number of benzene rings is 3. The Morgan fingerprint density at radius 1 is 0.660 bits per heavy atom. The van der Waals surface area contributed by atoms with Gasteiger partial charge in [-0.1, -0.05) is 54.1 Å². The van der Waals surface area contributed by atoms with E-state index < -0.39 is 0 Å². The topological polar surface area (TPSA) is 115 Å². The number of H-pyrrole nitrogens is 1. The fourth-order valence-electron chi connectivity index (χ4n) is 5.85. The van der Waals surface area contributed by atoms with Gasteiger partial charge in [-0.2, -0.15) is 0 Å². The lowest BCUT2D eigenvalue weighted by Gasteiger charge is -2.14. The maximum absolute atomic E-state index is 13.2. The Balaban J connectivity index is 0.000000182. The highest BCUT2D eigenvalue weighted by Crippen LogP contribution is 2.18. The van der Waals surface area contributed by atoms with Gasteiger partial charge in [0.1, 0.15) is 0 Å². The summed E-state index contributed by atoms with van der Waals surface area (Å²) in [6.45, 7) is 10.5. The third-order valence-corrected chi connectivity index (χ3v) is 9.03. The fraction of sp³-hybridized carbons (Fsp3) is 0.143. The first-order valence-electron chi connectivity index (χ1n) is 16.2. The third kappa shape index (κ3) is 6.82. The second kappa shape index (κ2) is 14.1. The number of hydrogen-bond acceptors (Lipinski definition) is 6. The van der Waals surface area contributed by atoms with Crippen LogP contribution in [-0.4, -0.2) is 31.1 Å². The molecule has 248 valence electrons. The quantitative estimate of drug-likeness (QED) is 0.186. The number of carbonyl (C=O) groups is 2. The van der Waals surface area contributed by atoms with Crippen molar-refractivity contribution in [2.75, 3.05) is 0 Å². The second-order valence-electron chi connectivity index (χ2n) is 12.6. The van der Waals surface area contributed by atoms with Gasteiger partial charge in [0.05, 0.1) is 32.9 Å². The molecule has 4 aromatic heterocycles. The summed E-state index contributed by atoms with van der Waals surface area (Å²) >= 11 is 0. The Bertz CT molecular complexity index is 2560. The molecule has 0 aliphatic rings. The normalized spacial score (nSPS) is 10.9. The van der Waals surface area contributed by atoms with Crippen LogP contribution in [0.5, 0.6) is 0 Å². The number of ketones is 2. The summed E-state index contributed by atoms with van der Waals surface area (Å²) in [6.07, 6.45) is 9.45. The van der Waals surface area contributed by atoms with Gasteiger partial charge in [-0.15, -0.1) is 0 Å². The summed E-state index contributed by atoms with van der Waals surface area (Å²) in [7, 11) is 0. The minimum Gasteiger partial charge on any atom is -0.360 e. The Kier molecular flexibility index (Phi) is 9.45. The maximum Gasteiger partial charge on any atom is 0.202 e. The summed E-state index contributed by atoms with van der Waals surface area (Å²) in [4.78, 5) is 62.3. The monoisotopic (exact) mass is 660 g/mol. The molecule has 7 aromatic rings. The fourth-order valence-corrected chi connectivity index (χ4v) is 5.85. The molecule has 0 amide bonds. The number of rotatable bonds is 6. The van der Waals surface area contributed by atoms with Crippen LogP contribution in [0, 0.1) is 34.6 Å². The Morgan fingerprint density at radius 2 is 1.26 bits per heavy atom. The van der Waals surface area contributed by atoms with Gasteiger partial charge < -0.3 is 9.55 Å². The predicted octanol–water partition coefficient (Wildman–Crippen LogP) is 7.37. The number of aromatic nitrogens is 4. The highest BCUT2D eigenvalue weighted by Gasteiger charge is 2.18. The van der Waals surface area contributed by atoms with Gasteiger partial charge in [-0.25, -0.2) is 0 Å². The standard InChI is InChI=1S/C25H22N2O2.C17H14N2O2/c1-16-5-4-6-19(11-16)14-27-15-22(25(29)21-13-26-10-9-23(21)27)24(28)20-8-7-17(2)18(3)12-20;1-10-3-4-12(7-11(10)2)16(20)14-9-19-15-5-6-18-8-13(15)17(14)21/h4-13,15H,14H2,1-3H3;3-9H,1-2H3,(H,19,21). The summed E-state index contributed by atoms with van der Waals surface area (Å²) in [5.74, 6) is -0.535. The number of fused-ring (bicyclic) bond motifs is 2. The minimum atomic E-state index is -0.292. The largest absolute Gasteiger partial charge is 0.360 e. The van der Waals surface area contributed by atoms with Gasteiger partial charge >= 0.3 is 0 Å². The Hall–Kier alpha value is -6.28. The van der Waals surface area contributed by atoms with E-state index in [1.54, 1.807) is 43.0 Å². The Morgan fingerprint density at radius 3 is 1.90 bits per heavy atom. The van der Waals surface area contributed by atoms with Crippen LogP contribution >= 0.6 is 0 Å². The van der Waals surface area contributed by atoms with Crippen molar-refractivity contribution in [3.8, 4) is 0 Å². The van der Waals surface area contributed by atoms with Crippen LogP contribution in [0.3, 0.4) is 0 Å². The van der Waals surface area contributed by atoms with Crippen molar-refractivity contribution >= 4 is 33.4 Å². The molecular formula is C42H36N4O4. The minimum absolute atomic E-state index is 0.138. The van der Waals surface area contributed by atoms with Crippen LogP contribution < -0.4 is 10.9 Å². The van der Waals surface area contributed by atoms with Crippen molar-refractivity contribution in [1.29, 1.82) is 0 Å². The first-order valence-corrected chi connectivity index (χ1v) is 16.2. The molecule has 0 aliphatic heterocycles. The summed E-state index contributed by atoms with van der Waals surface area (Å²) in [5, 5.41) is 0.877. The van der Waals surface area contributed by atoms with E-state index in [2.05, 4.69) is 21.0 Å². The summed E-state index contributed by atoms with van der Waals surface area (Å²) in [5.41, 5.74) is 8.77. The molecule has 0 radical (unpaired) electrons. The van der Waals surface area contributed by atoms with Crippen molar-refractivity contribution in [3.63, 3.8) is 0 Å². The van der Waals surface area contributed by atoms with Crippen molar-refractivity contribution < 1.29 is 9.59 Å². The van der Waals surface area contributed by atoms with E-state index in [-0.39, 0.29) is 33.6 Å². The number of carbonyl (C=O) groups excluding carboxylic acids is 2. The molecule has 50 heavy (non-hydrogen) atoms. The van der Waals surface area contributed by atoms with E-state index in [9.17, 15) is 19.2 Å². The SMILES string of the molecule is Cc1ccc(C(=O)c2c[nH]c3ccncc3c2=O)cc1C.Cc1cccc(Cn2cc(C(=O)c3ccc(C)c(C)c3)c(=O)c3cnccc32)c1. The number of nitrogens with zero attached hydrogens (tertiary/aromatic N) is 3. The molecule has 1 N–H and O–H groups in total. The van der Waals surface area contributed by atoms with Crippen LogP contribution in [-0.2, 0) is 6.54 Å². The predicted molar refractivity (Wildman–Crippen MR) is 197 cm³/mol. The van der Waals surface area contributed by atoms with Crippen molar-refractivity contribution in [2.45, 2.75) is 41.2 Å². The molecule has 0 unspecified atom stereocenters. The maximum atomic E-state index is 13.2. The van der Waals surface area contributed by atoms with Crippen molar-refractivity contribution in [1.82, 2.24) is 19.5 Å². The molecule has 0 saturated carbocycles. The van der Waals surface area contributed by atoms with E-state index in [0.717, 1.165) is 33.3 Å². The molecule has 4 heterocycles. The smallest absolute Gasteiger partial charge is 0.202 e. The average Bonchev–Trinajstić information content (AvgIpc) is 3.12. The summed E-state index contributed by atoms with van der Waals surface area (Å²) in [6, 6.07) is 22.7. The van der Waals surface area contributed by atoms with E-state index in [1.807, 2.05) is 87.7 Å². The molecule has 3 aromatic carbocycles. The molecule has 0 saturated heterocycles. The van der Waals surface area contributed by atoms with Crippen LogP contribution in [0.4, 0.5) is 0 Å². The van der Waals surface area contributed by atoms with Gasteiger partial charge in [0, 0.05) is 54.9 Å². The van der Waals surface area contributed by atoms with Crippen molar-refractivity contribution in [3.05, 3.63) is 186 Å². The number of pyridine rings is 4.